The zero-order chi connectivity index (χ0) is 14.3. The predicted octanol–water partition coefficient (Wildman–Crippen LogP) is 3.04. The highest BCUT2D eigenvalue weighted by molar-refractivity contribution is 6.42. The maximum Gasteiger partial charge on any atom is 0.260 e. The second-order valence-electron chi connectivity index (χ2n) is 4.10. The molecule has 0 bridgehead atoms. The van der Waals surface area contributed by atoms with Crippen molar-refractivity contribution in [3.8, 4) is 5.75 Å². The van der Waals surface area contributed by atoms with Gasteiger partial charge in [-0.2, -0.15) is 0 Å². The average molecular weight is 342 g/mol. The first-order valence-electron chi connectivity index (χ1n) is 6.14. The first-order chi connectivity index (χ1) is 9.06. The zero-order valence-corrected chi connectivity index (χ0v) is 13.5. The van der Waals surface area contributed by atoms with Gasteiger partial charge in [-0.15, -0.1) is 12.4 Å². The average Bonchev–Trinajstić information content (AvgIpc) is 2.39. The number of unbranched alkanes of at least 4 members (excludes halogenated alkanes) is 1. The molecule has 1 unspecified atom stereocenters. The van der Waals surface area contributed by atoms with Gasteiger partial charge in [0.2, 0.25) is 0 Å². The number of benzene rings is 1. The van der Waals surface area contributed by atoms with Gasteiger partial charge in [-0.3, -0.25) is 4.79 Å². The lowest BCUT2D eigenvalue weighted by molar-refractivity contribution is -0.127. The van der Waals surface area contributed by atoms with Gasteiger partial charge in [0.15, 0.2) is 6.10 Å². The zero-order valence-electron chi connectivity index (χ0n) is 11.2. The Labute approximate surface area is 135 Å². The normalized spacial score (nSPS) is 11.4. The molecule has 3 N–H and O–H groups in total. The van der Waals surface area contributed by atoms with Crippen LogP contribution < -0.4 is 15.8 Å². The third-order valence-electron chi connectivity index (χ3n) is 2.52. The van der Waals surface area contributed by atoms with E-state index in [0.29, 0.717) is 28.9 Å². The van der Waals surface area contributed by atoms with Crippen LogP contribution in [0.5, 0.6) is 5.75 Å². The molecule has 0 aliphatic heterocycles. The van der Waals surface area contributed by atoms with E-state index in [-0.39, 0.29) is 18.3 Å². The molecule has 4 nitrogen and oxygen atoms in total. The predicted molar refractivity (Wildman–Crippen MR) is 85.1 cm³/mol. The number of halogens is 3. The van der Waals surface area contributed by atoms with E-state index in [9.17, 15) is 4.79 Å². The molecule has 0 radical (unpaired) electrons. The summed E-state index contributed by atoms with van der Waals surface area (Å²) in [5.41, 5.74) is 5.37. The molecule has 0 heterocycles. The quantitative estimate of drug-likeness (QED) is 0.749. The molecular weight excluding hydrogens is 323 g/mol. The van der Waals surface area contributed by atoms with Crippen LogP contribution in [0.2, 0.25) is 10.0 Å². The Morgan fingerprint density at radius 3 is 2.75 bits per heavy atom. The SMILES string of the molecule is CC(Oc1cccc(Cl)c1Cl)C(=O)NCCCCN.Cl. The summed E-state index contributed by atoms with van der Waals surface area (Å²) in [5.74, 6) is 0.215. The molecule has 0 aromatic heterocycles. The first-order valence-corrected chi connectivity index (χ1v) is 6.90. The largest absolute Gasteiger partial charge is 0.479 e. The summed E-state index contributed by atoms with van der Waals surface area (Å²) in [6, 6.07) is 5.05. The van der Waals surface area contributed by atoms with Gasteiger partial charge >= 0.3 is 0 Å². The number of carbonyl (C=O) groups excluding carboxylic acids is 1. The van der Waals surface area contributed by atoms with Crippen LogP contribution in [0.4, 0.5) is 0 Å². The van der Waals surface area contributed by atoms with Crippen LogP contribution in [0.1, 0.15) is 19.8 Å². The lowest BCUT2D eigenvalue weighted by Crippen LogP contribution is -2.37. The smallest absolute Gasteiger partial charge is 0.260 e. The number of carbonyl (C=O) groups is 1. The highest BCUT2D eigenvalue weighted by atomic mass is 35.5. The fraction of sp³-hybridized carbons (Fsp3) is 0.462. The number of amides is 1. The Morgan fingerprint density at radius 1 is 1.40 bits per heavy atom. The van der Waals surface area contributed by atoms with Crippen LogP contribution in [0, 0.1) is 0 Å². The van der Waals surface area contributed by atoms with Crippen molar-refractivity contribution in [2.45, 2.75) is 25.9 Å². The summed E-state index contributed by atoms with van der Waals surface area (Å²) in [6.07, 6.45) is 1.11. The van der Waals surface area contributed by atoms with Gasteiger partial charge in [-0.25, -0.2) is 0 Å². The third kappa shape index (κ3) is 6.18. The number of ether oxygens (including phenoxy) is 1. The van der Waals surface area contributed by atoms with Gasteiger partial charge in [-0.1, -0.05) is 29.3 Å². The van der Waals surface area contributed by atoms with Crippen LogP contribution in [-0.4, -0.2) is 25.1 Å². The van der Waals surface area contributed by atoms with E-state index in [1.54, 1.807) is 25.1 Å². The van der Waals surface area contributed by atoms with E-state index in [1.807, 2.05) is 0 Å². The molecule has 1 rings (SSSR count). The van der Waals surface area contributed by atoms with Gasteiger partial charge in [0, 0.05) is 6.54 Å². The number of hydrogen-bond donors (Lipinski definition) is 2. The van der Waals surface area contributed by atoms with Crippen LogP contribution in [-0.2, 0) is 4.79 Å². The minimum Gasteiger partial charge on any atom is -0.479 e. The maximum atomic E-state index is 11.8. The second-order valence-corrected chi connectivity index (χ2v) is 4.88. The summed E-state index contributed by atoms with van der Waals surface area (Å²) in [4.78, 5) is 11.8. The van der Waals surface area contributed by atoms with E-state index < -0.39 is 6.10 Å². The molecule has 1 aromatic carbocycles. The number of rotatable bonds is 7. The molecule has 0 saturated carbocycles. The van der Waals surface area contributed by atoms with Crippen LogP contribution in [0.25, 0.3) is 0 Å². The molecule has 7 heteroatoms. The van der Waals surface area contributed by atoms with Crippen molar-refractivity contribution >= 4 is 41.5 Å². The van der Waals surface area contributed by atoms with E-state index in [4.69, 9.17) is 33.7 Å². The number of hydrogen-bond acceptors (Lipinski definition) is 3. The van der Waals surface area contributed by atoms with Crippen LogP contribution in [0.15, 0.2) is 18.2 Å². The Balaban J connectivity index is 0.00000361. The summed E-state index contributed by atoms with van der Waals surface area (Å²) in [5, 5.41) is 3.49. The van der Waals surface area contributed by atoms with Crippen LogP contribution >= 0.6 is 35.6 Å². The minimum atomic E-state index is -0.631. The molecule has 0 saturated heterocycles. The van der Waals surface area contributed by atoms with Crippen molar-refractivity contribution in [1.82, 2.24) is 5.32 Å². The molecule has 0 fully saturated rings. The summed E-state index contributed by atoms with van der Waals surface area (Å²) < 4.78 is 5.49. The van der Waals surface area contributed by atoms with Crippen molar-refractivity contribution in [3.63, 3.8) is 0 Å². The van der Waals surface area contributed by atoms with Crippen molar-refractivity contribution in [2.75, 3.05) is 13.1 Å². The van der Waals surface area contributed by atoms with Gasteiger partial charge in [0.05, 0.1) is 5.02 Å². The molecule has 0 aliphatic carbocycles. The standard InChI is InChI=1S/C13H18Cl2N2O2.ClH/c1-9(13(18)17-8-3-2-7-16)19-11-6-4-5-10(14)12(11)15;/h4-6,9H,2-3,7-8,16H2,1H3,(H,17,18);1H. The van der Waals surface area contributed by atoms with Crippen molar-refractivity contribution < 1.29 is 9.53 Å². The van der Waals surface area contributed by atoms with E-state index in [1.165, 1.54) is 0 Å². The van der Waals surface area contributed by atoms with E-state index in [2.05, 4.69) is 5.32 Å². The number of nitrogens with one attached hydrogen (secondary N) is 1. The van der Waals surface area contributed by atoms with E-state index in [0.717, 1.165) is 12.8 Å². The Kier molecular flexibility index (Phi) is 9.76. The molecular formula is C13H19Cl3N2O2. The van der Waals surface area contributed by atoms with Gasteiger partial charge in [0.1, 0.15) is 10.8 Å². The molecule has 1 amide bonds. The maximum absolute atomic E-state index is 11.8. The third-order valence-corrected chi connectivity index (χ3v) is 3.32. The monoisotopic (exact) mass is 340 g/mol. The summed E-state index contributed by atoms with van der Waals surface area (Å²) in [7, 11) is 0. The molecule has 1 aromatic rings. The fourth-order valence-corrected chi connectivity index (χ4v) is 1.78. The van der Waals surface area contributed by atoms with E-state index >= 15 is 0 Å². The molecule has 114 valence electrons. The van der Waals surface area contributed by atoms with Crippen molar-refractivity contribution in [2.24, 2.45) is 5.73 Å². The lowest BCUT2D eigenvalue weighted by Gasteiger charge is -2.15. The van der Waals surface area contributed by atoms with Crippen molar-refractivity contribution in [3.05, 3.63) is 28.2 Å². The lowest BCUT2D eigenvalue weighted by atomic mass is 10.3. The van der Waals surface area contributed by atoms with Gasteiger partial charge in [-0.05, 0) is 38.4 Å². The fourth-order valence-electron chi connectivity index (χ4n) is 1.44. The summed E-state index contributed by atoms with van der Waals surface area (Å²) >= 11 is 11.9. The van der Waals surface area contributed by atoms with Crippen LogP contribution in [0.3, 0.4) is 0 Å². The number of nitrogens with two attached hydrogens (primary N) is 1. The first kappa shape index (κ1) is 19.3. The molecule has 1 atom stereocenters. The highest BCUT2D eigenvalue weighted by Gasteiger charge is 2.16. The Hall–Kier alpha value is -0.680. The second kappa shape index (κ2) is 10.1. The van der Waals surface area contributed by atoms with Crippen molar-refractivity contribution in [1.29, 1.82) is 0 Å². The topological polar surface area (TPSA) is 64.3 Å². The minimum absolute atomic E-state index is 0. The van der Waals surface area contributed by atoms with Gasteiger partial charge < -0.3 is 15.8 Å². The Bertz CT molecular complexity index is 430. The summed E-state index contributed by atoms with van der Waals surface area (Å²) in [6.45, 7) is 2.88. The highest BCUT2D eigenvalue weighted by Crippen LogP contribution is 2.31. The molecule has 0 spiro atoms. The van der Waals surface area contributed by atoms with Gasteiger partial charge in [0.25, 0.3) is 5.91 Å². The molecule has 20 heavy (non-hydrogen) atoms. The molecule has 0 aliphatic rings. The Morgan fingerprint density at radius 2 is 2.10 bits per heavy atom.